The van der Waals surface area contributed by atoms with E-state index < -0.39 is 0 Å². The van der Waals surface area contributed by atoms with E-state index in [1.54, 1.807) is 6.07 Å². The highest BCUT2D eigenvalue weighted by Crippen LogP contribution is 2.30. The molecule has 0 radical (unpaired) electrons. The number of phenolic OH excluding ortho intramolecular Hbond substituents is 1. The van der Waals surface area contributed by atoms with Gasteiger partial charge < -0.3 is 10.4 Å². The number of hydrogen-bond acceptors (Lipinski definition) is 2. The normalized spacial score (nSPS) is 11.9. The largest absolute Gasteiger partial charge is 0.508 e. The van der Waals surface area contributed by atoms with Crippen LogP contribution in [0.15, 0.2) is 67.3 Å². The van der Waals surface area contributed by atoms with Crippen molar-refractivity contribution in [1.29, 1.82) is 0 Å². The van der Waals surface area contributed by atoms with Crippen molar-refractivity contribution in [3.63, 3.8) is 0 Å². The first-order chi connectivity index (χ1) is 14.5. The maximum Gasteiger partial charge on any atom is 0.251 e. The van der Waals surface area contributed by atoms with Crippen molar-refractivity contribution >= 4 is 16.7 Å². The van der Waals surface area contributed by atoms with Crippen LogP contribution in [0.5, 0.6) is 5.75 Å². The summed E-state index contributed by atoms with van der Waals surface area (Å²) in [5.74, 6) is 0.915. The predicted molar refractivity (Wildman–Crippen MR) is 126 cm³/mol. The van der Waals surface area contributed by atoms with E-state index in [2.05, 4.69) is 43.1 Å². The smallest absolute Gasteiger partial charge is 0.251 e. The van der Waals surface area contributed by atoms with Gasteiger partial charge in [-0.05, 0) is 89.9 Å². The lowest BCUT2D eigenvalue weighted by molar-refractivity contribution is 0.0956. The quantitative estimate of drug-likeness (QED) is 0.402. The lowest BCUT2D eigenvalue weighted by Crippen LogP contribution is -2.22. The number of rotatable bonds is 9. The van der Waals surface area contributed by atoms with Crippen LogP contribution in [-0.4, -0.2) is 17.6 Å². The van der Waals surface area contributed by atoms with E-state index in [1.807, 2.05) is 37.3 Å². The van der Waals surface area contributed by atoms with Crippen molar-refractivity contribution in [3.8, 4) is 16.9 Å². The van der Waals surface area contributed by atoms with Crippen molar-refractivity contribution in [1.82, 2.24) is 5.32 Å². The second-order valence-corrected chi connectivity index (χ2v) is 7.82. The number of carbonyl (C=O) groups is 1. The second-order valence-electron chi connectivity index (χ2n) is 7.82. The van der Waals surface area contributed by atoms with Crippen molar-refractivity contribution in [2.24, 2.45) is 5.92 Å². The summed E-state index contributed by atoms with van der Waals surface area (Å²) in [6, 6.07) is 17.9. The van der Waals surface area contributed by atoms with Gasteiger partial charge in [0, 0.05) is 12.1 Å². The minimum atomic E-state index is -0.0477. The topological polar surface area (TPSA) is 49.3 Å². The van der Waals surface area contributed by atoms with Crippen LogP contribution in [0.3, 0.4) is 0 Å². The molecule has 1 amide bonds. The number of nitrogens with one attached hydrogen (secondary N) is 1. The molecule has 0 aliphatic carbocycles. The number of carbonyl (C=O) groups excluding carboxylic acids is 1. The third-order valence-electron chi connectivity index (χ3n) is 5.75. The lowest BCUT2D eigenvalue weighted by Gasteiger charge is -2.14. The van der Waals surface area contributed by atoms with Crippen LogP contribution in [0.2, 0.25) is 0 Å². The molecule has 0 saturated carbocycles. The minimum absolute atomic E-state index is 0.0477. The Labute approximate surface area is 179 Å². The van der Waals surface area contributed by atoms with E-state index in [0.717, 1.165) is 53.1 Å². The Morgan fingerprint density at radius 2 is 1.73 bits per heavy atom. The van der Waals surface area contributed by atoms with Gasteiger partial charge in [0.25, 0.3) is 5.91 Å². The zero-order valence-electron chi connectivity index (χ0n) is 17.9. The number of allylic oxidation sites excluding steroid dienone is 1. The predicted octanol–water partition coefficient (Wildman–Crippen LogP) is 6.50. The fourth-order valence-corrected chi connectivity index (χ4v) is 3.88. The van der Waals surface area contributed by atoms with Gasteiger partial charge in [0.15, 0.2) is 0 Å². The molecule has 0 bridgehead atoms. The molecule has 156 valence electrons. The van der Waals surface area contributed by atoms with E-state index in [4.69, 9.17) is 0 Å². The van der Waals surface area contributed by atoms with Gasteiger partial charge in [-0.15, -0.1) is 6.58 Å². The maximum atomic E-state index is 12.1. The molecule has 0 aliphatic heterocycles. The molecule has 0 heterocycles. The third kappa shape index (κ3) is 5.10. The Morgan fingerprint density at radius 1 is 1.03 bits per heavy atom. The molecule has 0 fully saturated rings. The molecule has 0 spiro atoms. The van der Waals surface area contributed by atoms with Crippen molar-refractivity contribution < 1.29 is 9.90 Å². The number of fused-ring (bicyclic) bond motifs is 1. The van der Waals surface area contributed by atoms with Crippen molar-refractivity contribution in [3.05, 3.63) is 78.4 Å². The average Bonchev–Trinajstić information content (AvgIpc) is 2.77. The van der Waals surface area contributed by atoms with Gasteiger partial charge >= 0.3 is 0 Å². The molecule has 3 nitrogen and oxygen atoms in total. The van der Waals surface area contributed by atoms with Crippen LogP contribution in [0, 0.1) is 5.92 Å². The number of hydrogen-bond donors (Lipinski definition) is 2. The van der Waals surface area contributed by atoms with Gasteiger partial charge in [-0.25, -0.2) is 0 Å². The molecule has 2 N–H and O–H groups in total. The minimum Gasteiger partial charge on any atom is -0.508 e. The standard InChI is InChI=1S/C27H31NO2/c1-4-7-19(5-2)8-9-24-17-23(14-15-26(24)29)20-10-11-22-18-25(27(30)28-6-3)13-12-21(22)16-20/h4,10-19,29H,1,5-9H2,2-3H3,(H,28,30). The highest BCUT2D eigenvalue weighted by Gasteiger charge is 2.10. The van der Waals surface area contributed by atoms with Crippen molar-refractivity contribution in [2.45, 2.75) is 39.5 Å². The van der Waals surface area contributed by atoms with Gasteiger partial charge in [-0.3, -0.25) is 4.79 Å². The van der Waals surface area contributed by atoms with Gasteiger partial charge in [0.05, 0.1) is 0 Å². The first-order valence-electron chi connectivity index (χ1n) is 10.8. The number of benzene rings is 3. The summed E-state index contributed by atoms with van der Waals surface area (Å²) in [5, 5.41) is 15.3. The number of aromatic hydroxyl groups is 1. The summed E-state index contributed by atoms with van der Waals surface area (Å²) in [4.78, 5) is 12.1. The maximum absolute atomic E-state index is 12.1. The fourth-order valence-electron chi connectivity index (χ4n) is 3.88. The number of aryl methyl sites for hydroxylation is 1. The lowest BCUT2D eigenvalue weighted by atomic mass is 9.92. The van der Waals surface area contributed by atoms with Crippen LogP contribution in [-0.2, 0) is 6.42 Å². The molecule has 3 aromatic rings. The summed E-state index contributed by atoms with van der Waals surface area (Å²) >= 11 is 0. The average molecular weight is 402 g/mol. The fraction of sp³-hybridized carbons (Fsp3) is 0.296. The van der Waals surface area contributed by atoms with E-state index in [9.17, 15) is 9.90 Å². The Morgan fingerprint density at radius 3 is 2.47 bits per heavy atom. The molecule has 1 unspecified atom stereocenters. The second kappa shape index (κ2) is 10.1. The Balaban J connectivity index is 1.85. The first-order valence-corrected chi connectivity index (χ1v) is 10.8. The summed E-state index contributed by atoms with van der Waals surface area (Å²) < 4.78 is 0. The summed E-state index contributed by atoms with van der Waals surface area (Å²) in [6.45, 7) is 8.59. The Bertz CT molecular complexity index is 1040. The summed E-state index contributed by atoms with van der Waals surface area (Å²) in [7, 11) is 0. The molecule has 30 heavy (non-hydrogen) atoms. The Hall–Kier alpha value is -3.07. The number of amides is 1. The monoisotopic (exact) mass is 401 g/mol. The molecule has 0 saturated heterocycles. The Kier molecular flexibility index (Phi) is 7.29. The van der Waals surface area contributed by atoms with Crippen LogP contribution in [0.25, 0.3) is 21.9 Å². The van der Waals surface area contributed by atoms with Gasteiger partial charge in [-0.1, -0.05) is 43.7 Å². The molecule has 0 aromatic heterocycles. The zero-order chi connectivity index (χ0) is 21.5. The van der Waals surface area contributed by atoms with Crippen molar-refractivity contribution in [2.75, 3.05) is 6.54 Å². The van der Waals surface area contributed by atoms with Crippen LogP contribution < -0.4 is 5.32 Å². The molecule has 1 atom stereocenters. The first kappa shape index (κ1) is 21.6. The molecular formula is C27H31NO2. The van der Waals surface area contributed by atoms with E-state index >= 15 is 0 Å². The van der Waals surface area contributed by atoms with Crippen LogP contribution in [0.4, 0.5) is 0 Å². The molecular weight excluding hydrogens is 370 g/mol. The summed E-state index contributed by atoms with van der Waals surface area (Å²) in [5.41, 5.74) is 3.86. The third-order valence-corrected chi connectivity index (χ3v) is 5.75. The zero-order valence-corrected chi connectivity index (χ0v) is 17.9. The van der Waals surface area contributed by atoms with Gasteiger partial charge in [-0.2, -0.15) is 0 Å². The SMILES string of the molecule is C=CCC(CC)CCc1cc(-c2ccc3cc(C(=O)NCC)ccc3c2)ccc1O. The van der Waals surface area contributed by atoms with E-state index in [0.29, 0.717) is 23.8 Å². The molecule has 0 aliphatic rings. The van der Waals surface area contributed by atoms with E-state index in [-0.39, 0.29) is 5.91 Å². The molecule has 3 heteroatoms. The van der Waals surface area contributed by atoms with Gasteiger partial charge in [0.2, 0.25) is 0 Å². The molecule has 3 aromatic carbocycles. The van der Waals surface area contributed by atoms with E-state index in [1.165, 1.54) is 0 Å². The van der Waals surface area contributed by atoms with Crippen LogP contribution >= 0.6 is 0 Å². The molecule has 3 rings (SSSR count). The summed E-state index contributed by atoms with van der Waals surface area (Å²) in [6.07, 6.45) is 6.02. The number of phenols is 1. The van der Waals surface area contributed by atoms with Gasteiger partial charge in [0.1, 0.15) is 5.75 Å². The highest BCUT2D eigenvalue weighted by molar-refractivity contribution is 5.99. The highest BCUT2D eigenvalue weighted by atomic mass is 16.3. The van der Waals surface area contributed by atoms with Crippen LogP contribution in [0.1, 0.15) is 49.0 Å².